The lowest BCUT2D eigenvalue weighted by Gasteiger charge is -2.23. The summed E-state index contributed by atoms with van der Waals surface area (Å²) in [6.07, 6.45) is -1.83. The predicted octanol–water partition coefficient (Wildman–Crippen LogP) is -1.33. The second kappa shape index (κ2) is 11.3. The zero-order chi connectivity index (χ0) is 28.6. The Kier molecular flexibility index (Phi) is 7.98. The number of rotatable bonds is 10. The van der Waals surface area contributed by atoms with Gasteiger partial charge in [-0.2, -0.15) is 9.97 Å². The number of nitrogen functional groups attached to an aromatic ring is 2. The van der Waals surface area contributed by atoms with Crippen molar-refractivity contribution in [2.24, 2.45) is 0 Å². The highest BCUT2D eigenvalue weighted by atomic mass is 31.2. The predicted molar refractivity (Wildman–Crippen MR) is 134 cm³/mol. The summed E-state index contributed by atoms with van der Waals surface area (Å²) in [4.78, 5) is 52.7. The monoisotopic (exact) mass is 585 g/mol. The summed E-state index contributed by atoms with van der Waals surface area (Å²) in [5, 5.41) is 0. The molecular weight excluding hydrogens is 557 g/mol. The van der Waals surface area contributed by atoms with E-state index in [-0.39, 0.29) is 42.7 Å². The summed E-state index contributed by atoms with van der Waals surface area (Å²) >= 11 is 0. The molecule has 3 aromatic rings. The molecule has 3 aromatic heterocycles. The van der Waals surface area contributed by atoms with E-state index in [0.717, 1.165) is 4.57 Å². The molecule has 2 aliphatic rings. The molecule has 6 N–H and O–H groups in total. The van der Waals surface area contributed by atoms with Crippen molar-refractivity contribution in [3.63, 3.8) is 0 Å². The number of hydrogen-bond donors (Lipinski definition) is 4. The molecule has 19 nitrogen and oxygen atoms in total. The smallest absolute Gasteiger partial charge is 0.382 e. The van der Waals surface area contributed by atoms with Gasteiger partial charge in [-0.1, -0.05) is 0 Å². The van der Waals surface area contributed by atoms with Gasteiger partial charge in [-0.15, -0.1) is 0 Å². The third-order valence-electron chi connectivity index (χ3n) is 6.48. The van der Waals surface area contributed by atoms with Gasteiger partial charge < -0.3 is 35.3 Å². The van der Waals surface area contributed by atoms with Crippen LogP contribution in [0, 0.1) is 0 Å². The third kappa shape index (κ3) is 5.77. The molecular formula is C20H28N9O10P. The molecule has 2 saturated heterocycles. The van der Waals surface area contributed by atoms with Crippen LogP contribution < -0.4 is 22.7 Å². The second-order valence-electron chi connectivity index (χ2n) is 9.05. The minimum Gasteiger partial charge on any atom is -0.382 e. The number of methoxy groups -OCH3 is 2. The molecule has 5 heterocycles. The van der Waals surface area contributed by atoms with Crippen molar-refractivity contribution in [2.75, 3.05) is 38.9 Å². The Hall–Kier alpha value is -3.29. The molecule has 2 fully saturated rings. The van der Waals surface area contributed by atoms with E-state index in [0.29, 0.717) is 6.42 Å². The van der Waals surface area contributed by atoms with Crippen LogP contribution in [0.5, 0.6) is 0 Å². The maximum atomic E-state index is 12.9. The lowest BCUT2D eigenvalue weighted by molar-refractivity contribution is -0.0642. The van der Waals surface area contributed by atoms with E-state index >= 15 is 0 Å². The largest absolute Gasteiger partial charge is 0.472 e. The van der Waals surface area contributed by atoms with Crippen LogP contribution in [0.25, 0.3) is 11.2 Å². The number of hydrogen-bond acceptors (Lipinski definition) is 15. The number of H-pyrrole nitrogens is 1. The lowest BCUT2D eigenvalue weighted by atomic mass is 10.2. The maximum absolute atomic E-state index is 12.9. The van der Waals surface area contributed by atoms with Crippen LogP contribution in [0.15, 0.2) is 22.2 Å². The highest BCUT2D eigenvalue weighted by Gasteiger charge is 2.44. The topological polar surface area (TPSA) is 256 Å². The van der Waals surface area contributed by atoms with Gasteiger partial charge in [-0.25, -0.2) is 19.3 Å². The van der Waals surface area contributed by atoms with Crippen LogP contribution in [0.1, 0.15) is 25.3 Å². The number of aromatic nitrogens is 7. The van der Waals surface area contributed by atoms with Gasteiger partial charge in [0.2, 0.25) is 11.9 Å². The summed E-state index contributed by atoms with van der Waals surface area (Å²) in [7, 11) is -1.79. The Bertz CT molecular complexity index is 1530. The Balaban J connectivity index is 1.25. The standard InChI is InChI=1S/C20H28N9O10P/c1-34-5-11-10(4-14(37-11)29-8-24-18(21)27-20(29)31)39-40(32,33)36-6-12-9(35-2)3-13(38-12)28-7-23-15-16(28)25-19(22)26-17(15)30/h7-14H,3-6H2,1-2H3,(H,32,33)(H2,21,27,31)(H3,22,25,26,30)/t9?,10-,11-,12-,13-,14-/m1/s1. The Morgan fingerprint density at radius 3 is 2.42 bits per heavy atom. The Morgan fingerprint density at radius 1 is 1.05 bits per heavy atom. The number of fused-ring (bicyclic) bond motifs is 1. The molecule has 2 aliphatic heterocycles. The zero-order valence-corrected chi connectivity index (χ0v) is 22.2. The molecule has 0 radical (unpaired) electrons. The first-order valence-electron chi connectivity index (χ1n) is 12.0. The Morgan fingerprint density at radius 2 is 1.73 bits per heavy atom. The fourth-order valence-corrected chi connectivity index (χ4v) is 5.60. The van der Waals surface area contributed by atoms with Crippen molar-refractivity contribution >= 4 is 30.9 Å². The van der Waals surface area contributed by atoms with Gasteiger partial charge in [0.15, 0.2) is 11.2 Å². The van der Waals surface area contributed by atoms with Crippen LogP contribution in [0.3, 0.4) is 0 Å². The number of ether oxygens (including phenoxy) is 4. The second-order valence-corrected chi connectivity index (χ2v) is 10.5. The van der Waals surface area contributed by atoms with Gasteiger partial charge in [0, 0.05) is 27.1 Å². The molecule has 7 atom stereocenters. The molecule has 0 bridgehead atoms. The van der Waals surface area contributed by atoms with Gasteiger partial charge in [-0.05, 0) is 0 Å². The molecule has 40 heavy (non-hydrogen) atoms. The fourth-order valence-electron chi connectivity index (χ4n) is 4.64. The molecule has 0 aliphatic carbocycles. The number of nitrogens with two attached hydrogens (primary N) is 2. The van der Waals surface area contributed by atoms with E-state index < -0.39 is 55.9 Å². The molecule has 2 unspecified atom stereocenters. The molecule has 0 amide bonds. The normalized spacial score (nSPS) is 28.3. The van der Waals surface area contributed by atoms with Crippen molar-refractivity contribution in [3.8, 4) is 0 Å². The number of anilines is 2. The third-order valence-corrected chi connectivity index (χ3v) is 7.49. The van der Waals surface area contributed by atoms with Crippen LogP contribution >= 0.6 is 7.82 Å². The summed E-state index contributed by atoms with van der Waals surface area (Å²) in [6.45, 7) is -0.367. The van der Waals surface area contributed by atoms with Gasteiger partial charge in [-0.3, -0.25) is 28.0 Å². The SMILES string of the molecule is COC[C@H]1O[C@@H](n2cnc(N)nc2=O)C[C@H]1OP(=O)(O)OC[C@H]1O[C@@H](n2cnc3c(=O)[nH]c(N)nc32)CC1OC. The quantitative estimate of drug-likeness (QED) is 0.201. The first-order chi connectivity index (χ1) is 19.1. The average Bonchev–Trinajstić information content (AvgIpc) is 3.60. The summed E-state index contributed by atoms with van der Waals surface area (Å²) in [5.74, 6) is -0.285. The molecule has 0 saturated carbocycles. The van der Waals surface area contributed by atoms with Crippen LogP contribution in [0.4, 0.5) is 11.9 Å². The lowest BCUT2D eigenvalue weighted by Crippen LogP contribution is -2.30. The minimum absolute atomic E-state index is 0.000780. The highest BCUT2D eigenvalue weighted by molar-refractivity contribution is 7.47. The summed E-state index contributed by atoms with van der Waals surface area (Å²) < 4.78 is 48.6. The van der Waals surface area contributed by atoms with E-state index in [1.807, 2.05) is 0 Å². The number of phosphoric ester groups is 1. The van der Waals surface area contributed by atoms with E-state index in [2.05, 4.69) is 24.9 Å². The average molecular weight is 585 g/mol. The summed E-state index contributed by atoms with van der Waals surface area (Å²) in [5.41, 5.74) is 10.2. The number of nitrogens with one attached hydrogen (secondary N) is 1. The van der Waals surface area contributed by atoms with Crippen molar-refractivity contribution < 1.29 is 37.5 Å². The zero-order valence-electron chi connectivity index (χ0n) is 21.4. The van der Waals surface area contributed by atoms with Gasteiger partial charge in [0.05, 0.1) is 25.6 Å². The molecule has 218 valence electrons. The van der Waals surface area contributed by atoms with Crippen molar-refractivity contribution in [3.05, 3.63) is 33.5 Å². The first-order valence-corrected chi connectivity index (χ1v) is 13.5. The number of imidazole rings is 1. The molecule has 0 aromatic carbocycles. The van der Waals surface area contributed by atoms with E-state index in [1.165, 1.54) is 31.4 Å². The van der Waals surface area contributed by atoms with E-state index in [4.69, 9.17) is 39.5 Å². The van der Waals surface area contributed by atoms with Crippen LogP contribution in [-0.2, 0) is 32.6 Å². The van der Waals surface area contributed by atoms with Crippen molar-refractivity contribution in [1.82, 2.24) is 34.1 Å². The number of aromatic amines is 1. The number of phosphoric acid groups is 1. The Labute approximate surface area is 225 Å². The van der Waals surface area contributed by atoms with E-state index in [1.54, 1.807) is 0 Å². The molecule has 20 heteroatoms. The van der Waals surface area contributed by atoms with E-state index in [9.17, 15) is 19.0 Å². The highest BCUT2D eigenvalue weighted by Crippen LogP contribution is 2.49. The van der Waals surface area contributed by atoms with Crippen molar-refractivity contribution in [2.45, 2.75) is 49.7 Å². The van der Waals surface area contributed by atoms with Gasteiger partial charge in [0.1, 0.15) is 37.1 Å². The number of nitrogens with zero attached hydrogens (tertiary/aromatic N) is 6. The maximum Gasteiger partial charge on any atom is 0.472 e. The van der Waals surface area contributed by atoms with Crippen molar-refractivity contribution in [1.29, 1.82) is 0 Å². The minimum atomic E-state index is -4.67. The van der Waals surface area contributed by atoms with Gasteiger partial charge in [0.25, 0.3) is 5.56 Å². The van der Waals surface area contributed by atoms with Crippen LogP contribution in [-0.4, -0.2) is 90.8 Å². The molecule has 0 spiro atoms. The molecule has 5 rings (SSSR count). The summed E-state index contributed by atoms with van der Waals surface area (Å²) in [6, 6.07) is 0. The van der Waals surface area contributed by atoms with Gasteiger partial charge >= 0.3 is 13.5 Å². The fraction of sp³-hybridized carbons (Fsp3) is 0.600. The first kappa shape index (κ1) is 28.2. The van der Waals surface area contributed by atoms with Crippen LogP contribution in [0.2, 0.25) is 0 Å².